The van der Waals surface area contributed by atoms with Gasteiger partial charge in [0, 0.05) is 29.8 Å². The predicted octanol–water partition coefficient (Wildman–Crippen LogP) is 3.63. The second kappa shape index (κ2) is 7.72. The molecule has 34 heavy (non-hydrogen) atoms. The van der Waals surface area contributed by atoms with E-state index in [9.17, 15) is 9.90 Å². The number of hydrogen-bond donors (Lipinski definition) is 1. The normalized spacial score (nSPS) is 33.7. The highest BCUT2D eigenvalue weighted by Gasteiger charge is 2.72. The second-order valence-corrected chi connectivity index (χ2v) is 11.1. The molecular formula is C28H34N2O4. The number of carbonyl (C=O) groups excluding carboxylic acids is 1. The van der Waals surface area contributed by atoms with E-state index in [4.69, 9.17) is 9.15 Å². The largest absolute Gasteiger partial charge is 0.487 e. The Balaban J connectivity index is 1.42. The fourth-order valence-electron chi connectivity index (χ4n) is 7.43. The Morgan fingerprint density at radius 2 is 2.18 bits per heavy atom. The third kappa shape index (κ3) is 2.91. The van der Waals surface area contributed by atoms with Crippen LogP contribution < -0.4 is 4.74 Å². The molecule has 3 heterocycles. The monoisotopic (exact) mass is 462 g/mol. The van der Waals surface area contributed by atoms with Gasteiger partial charge in [-0.3, -0.25) is 4.79 Å². The fourth-order valence-corrected chi connectivity index (χ4v) is 7.43. The van der Waals surface area contributed by atoms with Crippen LogP contribution in [0, 0.1) is 5.92 Å². The maximum absolute atomic E-state index is 13.6. The molecule has 2 fully saturated rings. The Bertz CT molecular complexity index is 1130. The van der Waals surface area contributed by atoms with Crippen LogP contribution in [-0.2, 0) is 16.6 Å². The van der Waals surface area contributed by atoms with Crippen LogP contribution in [0.1, 0.15) is 49.8 Å². The van der Waals surface area contributed by atoms with E-state index in [0.29, 0.717) is 18.9 Å². The van der Waals surface area contributed by atoms with Crippen molar-refractivity contribution in [2.75, 3.05) is 20.1 Å². The minimum absolute atomic E-state index is 0.0122. The van der Waals surface area contributed by atoms with E-state index in [1.54, 1.807) is 18.6 Å². The summed E-state index contributed by atoms with van der Waals surface area (Å²) < 4.78 is 11.9. The van der Waals surface area contributed by atoms with Gasteiger partial charge >= 0.3 is 0 Å². The number of benzene rings is 1. The molecule has 1 amide bonds. The molecule has 1 saturated heterocycles. The number of hydrogen-bond acceptors (Lipinski definition) is 5. The number of piperidine rings is 1. The molecule has 4 aliphatic rings. The third-order valence-corrected chi connectivity index (χ3v) is 8.80. The summed E-state index contributed by atoms with van der Waals surface area (Å²) in [6, 6.07) is 8.15. The van der Waals surface area contributed by atoms with Gasteiger partial charge in [-0.1, -0.05) is 26.0 Å². The number of amides is 1. The number of nitrogens with zero attached hydrogens (tertiary/aromatic N) is 2. The van der Waals surface area contributed by atoms with Crippen molar-refractivity contribution in [3.8, 4) is 5.75 Å². The number of furan rings is 1. The van der Waals surface area contributed by atoms with Gasteiger partial charge in [-0.2, -0.15) is 0 Å². The van der Waals surface area contributed by atoms with E-state index in [1.165, 1.54) is 11.1 Å². The summed E-state index contributed by atoms with van der Waals surface area (Å²) in [5.41, 5.74) is 2.06. The molecular weight excluding hydrogens is 428 g/mol. The van der Waals surface area contributed by atoms with Gasteiger partial charge in [-0.15, -0.1) is 0 Å². The first-order valence-corrected chi connectivity index (χ1v) is 12.6. The van der Waals surface area contributed by atoms with Gasteiger partial charge in [0.25, 0.3) is 0 Å². The number of likely N-dealkylation sites (N-methyl/N-ethyl adjacent to an activating group) is 1. The van der Waals surface area contributed by atoms with Crippen molar-refractivity contribution in [3.05, 3.63) is 59.6 Å². The predicted molar refractivity (Wildman–Crippen MR) is 130 cm³/mol. The summed E-state index contributed by atoms with van der Waals surface area (Å²) in [6.45, 7) is 5.87. The van der Waals surface area contributed by atoms with Crippen LogP contribution in [0.25, 0.3) is 6.08 Å². The Hall–Kier alpha value is -2.57. The molecule has 0 radical (unpaired) electrons. The molecule has 2 aliphatic heterocycles. The number of ether oxygens (including phenoxy) is 1. The smallest absolute Gasteiger partial charge is 0.246 e. The number of likely N-dealkylation sites (tertiary alicyclic amines) is 1. The quantitative estimate of drug-likeness (QED) is 0.688. The van der Waals surface area contributed by atoms with Crippen LogP contribution in [0.3, 0.4) is 0 Å². The zero-order valence-electron chi connectivity index (χ0n) is 20.2. The Morgan fingerprint density at radius 1 is 1.32 bits per heavy atom. The molecule has 1 spiro atoms. The maximum atomic E-state index is 13.6. The van der Waals surface area contributed by atoms with Crippen molar-refractivity contribution in [3.63, 3.8) is 0 Å². The van der Waals surface area contributed by atoms with Crippen LogP contribution in [0.4, 0.5) is 0 Å². The molecule has 2 bridgehead atoms. The summed E-state index contributed by atoms with van der Waals surface area (Å²) in [6.07, 6.45) is 9.55. The molecule has 1 aromatic carbocycles. The Morgan fingerprint density at radius 3 is 2.94 bits per heavy atom. The highest BCUT2D eigenvalue weighted by Crippen LogP contribution is 2.64. The molecule has 1 saturated carbocycles. The zero-order chi connectivity index (χ0) is 23.7. The van der Waals surface area contributed by atoms with Crippen molar-refractivity contribution in [2.24, 2.45) is 5.92 Å². The summed E-state index contributed by atoms with van der Waals surface area (Å²) in [5, 5.41) is 12.4. The van der Waals surface area contributed by atoms with E-state index in [1.807, 2.05) is 17.0 Å². The van der Waals surface area contributed by atoms with Crippen molar-refractivity contribution >= 4 is 12.0 Å². The summed E-state index contributed by atoms with van der Waals surface area (Å²) in [4.78, 5) is 17.9. The third-order valence-electron chi connectivity index (χ3n) is 8.80. The lowest BCUT2D eigenvalue weighted by Gasteiger charge is -2.64. The summed E-state index contributed by atoms with van der Waals surface area (Å²) >= 11 is 0. The van der Waals surface area contributed by atoms with E-state index >= 15 is 0 Å². The van der Waals surface area contributed by atoms with E-state index in [0.717, 1.165) is 37.1 Å². The molecule has 0 unspecified atom stereocenters. The van der Waals surface area contributed by atoms with Gasteiger partial charge in [0.05, 0.1) is 29.6 Å². The Kier molecular flexibility index (Phi) is 4.98. The van der Waals surface area contributed by atoms with Gasteiger partial charge in [0.1, 0.15) is 11.9 Å². The minimum atomic E-state index is -0.847. The van der Waals surface area contributed by atoms with Crippen LogP contribution in [0.2, 0.25) is 0 Å². The second-order valence-electron chi connectivity index (χ2n) is 11.1. The average Bonchev–Trinajstić information content (AvgIpc) is 3.44. The van der Waals surface area contributed by atoms with Crippen molar-refractivity contribution in [1.82, 2.24) is 9.80 Å². The maximum Gasteiger partial charge on any atom is 0.246 e. The molecule has 1 aromatic heterocycles. The summed E-state index contributed by atoms with van der Waals surface area (Å²) in [7, 11) is 2.14. The molecule has 6 heteroatoms. The Labute approximate surface area is 201 Å². The zero-order valence-corrected chi connectivity index (χ0v) is 20.2. The van der Waals surface area contributed by atoms with E-state index in [-0.39, 0.29) is 24.1 Å². The van der Waals surface area contributed by atoms with Crippen LogP contribution in [-0.4, -0.2) is 64.7 Å². The van der Waals surface area contributed by atoms with E-state index < -0.39 is 11.0 Å². The molecule has 180 valence electrons. The average molecular weight is 463 g/mol. The minimum Gasteiger partial charge on any atom is -0.487 e. The summed E-state index contributed by atoms with van der Waals surface area (Å²) in [5.74, 6) is 1.21. The number of carbonyl (C=O) groups is 1. The van der Waals surface area contributed by atoms with Crippen LogP contribution in [0.5, 0.6) is 5.75 Å². The highest BCUT2D eigenvalue weighted by molar-refractivity contribution is 5.92. The van der Waals surface area contributed by atoms with Gasteiger partial charge < -0.3 is 24.1 Å². The number of aliphatic hydroxyl groups is 1. The first-order chi connectivity index (χ1) is 16.3. The topological polar surface area (TPSA) is 66.2 Å². The standard InChI is InChI=1S/C28H34N2O4/c1-18(2)16-30(24(31)8-7-19-10-14-33-17-19)21-9-11-28(32)23-15-20-5-4-6-22-25(20)27(28,26(21)34-22)12-13-29(23)3/h4-8,10,14,17-18,21,23,26,32H,9,11-13,15-16H2,1-3H3/b8-7+/t21-,23-,26+,27+,28-/m1/s1. The molecule has 2 aromatic rings. The van der Waals surface area contributed by atoms with E-state index in [2.05, 4.69) is 44.0 Å². The molecule has 2 aliphatic carbocycles. The van der Waals surface area contributed by atoms with Gasteiger partial charge in [0.15, 0.2) is 0 Å². The van der Waals surface area contributed by atoms with Gasteiger partial charge in [-0.05, 0) is 69.0 Å². The fraction of sp³-hybridized carbons (Fsp3) is 0.536. The van der Waals surface area contributed by atoms with Crippen molar-refractivity contribution in [1.29, 1.82) is 0 Å². The molecule has 5 atom stereocenters. The van der Waals surface area contributed by atoms with Gasteiger partial charge in [-0.25, -0.2) is 0 Å². The lowest BCUT2D eigenvalue weighted by atomic mass is 9.48. The molecule has 6 nitrogen and oxygen atoms in total. The molecule has 1 N–H and O–H groups in total. The van der Waals surface area contributed by atoms with Crippen LogP contribution >= 0.6 is 0 Å². The lowest BCUT2D eigenvalue weighted by Crippen LogP contribution is -2.78. The number of rotatable bonds is 5. The SMILES string of the molecule is CC(C)CN(C(=O)/C=C/c1ccoc1)[C@@H]1CC[C@@]2(O)[C@H]3Cc4cccc5c4[C@@]2(CCN3C)[C@H]1O5. The molecule has 6 rings (SSSR count). The van der Waals surface area contributed by atoms with Crippen LogP contribution in [0.15, 0.2) is 47.3 Å². The van der Waals surface area contributed by atoms with Crippen molar-refractivity contribution < 1.29 is 19.1 Å². The first kappa shape index (κ1) is 21.9. The highest BCUT2D eigenvalue weighted by atomic mass is 16.5. The lowest BCUT2D eigenvalue weighted by molar-refractivity contribution is -0.197. The van der Waals surface area contributed by atoms with Gasteiger partial charge in [0.2, 0.25) is 5.91 Å². The first-order valence-electron chi connectivity index (χ1n) is 12.6. The van der Waals surface area contributed by atoms with Crippen molar-refractivity contribution in [2.45, 2.75) is 68.7 Å².